The number of hydrogen-bond donors (Lipinski definition) is 1. The molecule has 4 nitrogen and oxygen atoms in total. The highest BCUT2D eigenvalue weighted by Gasteiger charge is 2.11. The predicted molar refractivity (Wildman–Crippen MR) is 61.5 cm³/mol. The Labute approximate surface area is 98.1 Å². The van der Waals surface area contributed by atoms with Crippen LogP contribution in [-0.2, 0) is 0 Å². The van der Waals surface area contributed by atoms with Crippen LogP contribution in [0.25, 0.3) is 0 Å². The summed E-state index contributed by atoms with van der Waals surface area (Å²) >= 11 is 11.6. The highest BCUT2D eigenvalue weighted by molar-refractivity contribution is 6.33. The third-order valence-electron chi connectivity index (χ3n) is 1.76. The maximum absolute atomic E-state index is 8.90. The summed E-state index contributed by atoms with van der Waals surface area (Å²) < 4.78 is 0. The molecule has 1 aromatic rings. The van der Waals surface area contributed by atoms with Crippen LogP contribution < -0.4 is 4.90 Å². The highest BCUT2D eigenvalue weighted by Crippen LogP contribution is 2.24. The third kappa shape index (κ3) is 3.34. The third-order valence-corrected chi connectivity index (χ3v) is 2.21. The zero-order chi connectivity index (χ0) is 11.3. The van der Waals surface area contributed by atoms with Gasteiger partial charge >= 0.3 is 0 Å². The lowest BCUT2D eigenvalue weighted by Crippen LogP contribution is -2.27. The van der Waals surface area contributed by atoms with Gasteiger partial charge in [-0.15, -0.1) is 16.8 Å². The summed E-state index contributed by atoms with van der Waals surface area (Å²) in [4.78, 5) is 1.82. The summed E-state index contributed by atoms with van der Waals surface area (Å²) in [6.45, 7) is 4.64. The molecule has 0 atom stereocenters. The monoisotopic (exact) mass is 247 g/mol. The van der Waals surface area contributed by atoms with Gasteiger partial charge in [-0.3, -0.25) is 0 Å². The number of nitrogens with zero attached hydrogens (tertiary/aromatic N) is 3. The van der Waals surface area contributed by atoms with Crippen LogP contribution in [-0.4, -0.2) is 35.0 Å². The molecule has 0 fully saturated rings. The van der Waals surface area contributed by atoms with Crippen LogP contribution in [0.3, 0.4) is 0 Å². The molecule has 1 heterocycles. The Morgan fingerprint density at radius 1 is 1.47 bits per heavy atom. The van der Waals surface area contributed by atoms with E-state index < -0.39 is 0 Å². The van der Waals surface area contributed by atoms with Gasteiger partial charge in [0.05, 0.1) is 12.3 Å². The van der Waals surface area contributed by atoms with Crippen molar-refractivity contribution < 1.29 is 5.11 Å². The van der Waals surface area contributed by atoms with Crippen molar-refractivity contribution >= 4 is 28.9 Å². The van der Waals surface area contributed by atoms with Gasteiger partial charge < -0.3 is 10.0 Å². The lowest BCUT2D eigenvalue weighted by atomic mass is 10.3. The molecule has 0 aliphatic carbocycles. The Bertz CT molecular complexity index is 346. The lowest BCUT2D eigenvalue weighted by Gasteiger charge is -2.22. The second-order valence-electron chi connectivity index (χ2n) is 2.80. The van der Waals surface area contributed by atoms with Crippen LogP contribution in [0.15, 0.2) is 18.7 Å². The Hall–Kier alpha value is -0.840. The molecule has 1 aromatic heterocycles. The maximum Gasteiger partial charge on any atom is 0.175 e. The number of aliphatic hydroxyl groups is 1. The van der Waals surface area contributed by atoms with Gasteiger partial charge in [0.25, 0.3) is 0 Å². The Morgan fingerprint density at radius 3 is 2.80 bits per heavy atom. The van der Waals surface area contributed by atoms with Gasteiger partial charge in [-0.2, -0.15) is 0 Å². The molecule has 0 spiro atoms. The SMILES string of the molecule is C=CCN(CCO)c1cc(Cl)nnc1Cl. The quantitative estimate of drug-likeness (QED) is 0.807. The summed E-state index contributed by atoms with van der Waals surface area (Å²) in [5, 5.41) is 16.7. The topological polar surface area (TPSA) is 49.2 Å². The molecule has 1 rings (SSSR count). The van der Waals surface area contributed by atoms with Crippen molar-refractivity contribution in [3.8, 4) is 0 Å². The lowest BCUT2D eigenvalue weighted by molar-refractivity contribution is 0.303. The van der Waals surface area contributed by atoms with Gasteiger partial charge in [0.15, 0.2) is 10.3 Å². The fourth-order valence-corrected chi connectivity index (χ4v) is 1.51. The van der Waals surface area contributed by atoms with Crippen molar-refractivity contribution in [1.29, 1.82) is 0 Å². The first kappa shape index (κ1) is 12.2. The number of hydrogen-bond acceptors (Lipinski definition) is 4. The molecular formula is C9H11Cl2N3O. The van der Waals surface area contributed by atoms with Crippen molar-refractivity contribution in [2.45, 2.75) is 0 Å². The second kappa shape index (κ2) is 5.90. The summed E-state index contributed by atoms with van der Waals surface area (Å²) in [5.41, 5.74) is 0.644. The molecule has 15 heavy (non-hydrogen) atoms. The summed E-state index contributed by atoms with van der Waals surface area (Å²) in [5.74, 6) is 0. The molecule has 0 aromatic carbocycles. The maximum atomic E-state index is 8.90. The predicted octanol–water partition coefficient (Wildman–Crippen LogP) is 1.77. The number of aliphatic hydroxyl groups excluding tert-OH is 1. The first-order chi connectivity index (χ1) is 7.19. The number of anilines is 1. The molecular weight excluding hydrogens is 237 g/mol. The van der Waals surface area contributed by atoms with Crippen LogP contribution in [0.2, 0.25) is 10.3 Å². The van der Waals surface area contributed by atoms with Crippen LogP contribution in [0.4, 0.5) is 5.69 Å². The van der Waals surface area contributed by atoms with E-state index in [4.69, 9.17) is 28.3 Å². The number of halogens is 2. The van der Waals surface area contributed by atoms with Crippen molar-refractivity contribution in [1.82, 2.24) is 10.2 Å². The van der Waals surface area contributed by atoms with Gasteiger partial charge in [-0.05, 0) is 0 Å². The number of rotatable bonds is 5. The highest BCUT2D eigenvalue weighted by atomic mass is 35.5. The van der Waals surface area contributed by atoms with Crippen LogP contribution >= 0.6 is 23.2 Å². The van der Waals surface area contributed by atoms with Crippen LogP contribution in [0.1, 0.15) is 0 Å². The summed E-state index contributed by atoms with van der Waals surface area (Å²) in [6.07, 6.45) is 1.71. The normalized spacial score (nSPS) is 10.1. The van der Waals surface area contributed by atoms with E-state index >= 15 is 0 Å². The van der Waals surface area contributed by atoms with E-state index in [1.807, 2.05) is 4.90 Å². The summed E-state index contributed by atoms with van der Waals surface area (Å²) in [7, 11) is 0. The molecule has 1 N–H and O–H groups in total. The van der Waals surface area contributed by atoms with E-state index in [0.29, 0.717) is 18.8 Å². The number of aromatic nitrogens is 2. The molecule has 0 aliphatic heterocycles. The average molecular weight is 248 g/mol. The van der Waals surface area contributed by atoms with Crippen LogP contribution in [0, 0.1) is 0 Å². The van der Waals surface area contributed by atoms with E-state index in [-0.39, 0.29) is 16.9 Å². The van der Waals surface area contributed by atoms with E-state index in [9.17, 15) is 0 Å². The fraction of sp³-hybridized carbons (Fsp3) is 0.333. The fourth-order valence-electron chi connectivity index (χ4n) is 1.15. The molecule has 0 radical (unpaired) electrons. The Morgan fingerprint density at radius 2 is 2.20 bits per heavy atom. The largest absolute Gasteiger partial charge is 0.395 e. The Kier molecular flexibility index (Phi) is 4.81. The first-order valence-corrected chi connectivity index (χ1v) is 5.10. The van der Waals surface area contributed by atoms with E-state index in [2.05, 4.69) is 16.8 Å². The van der Waals surface area contributed by atoms with E-state index in [1.165, 1.54) is 0 Å². The average Bonchev–Trinajstić information content (AvgIpc) is 2.21. The van der Waals surface area contributed by atoms with E-state index in [0.717, 1.165) is 0 Å². The standard InChI is InChI=1S/C9H11Cl2N3O/c1-2-3-14(4-5-15)7-6-8(10)12-13-9(7)11/h2,6,15H,1,3-5H2. The minimum Gasteiger partial charge on any atom is -0.395 e. The summed E-state index contributed by atoms with van der Waals surface area (Å²) in [6, 6.07) is 1.61. The van der Waals surface area contributed by atoms with Crippen molar-refractivity contribution in [2.24, 2.45) is 0 Å². The van der Waals surface area contributed by atoms with Gasteiger partial charge in [0, 0.05) is 19.2 Å². The van der Waals surface area contributed by atoms with Crippen molar-refractivity contribution in [3.63, 3.8) is 0 Å². The minimum absolute atomic E-state index is 0.0180. The van der Waals surface area contributed by atoms with Gasteiger partial charge in [-0.25, -0.2) is 0 Å². The van der Waals surface area contributed by atoms with Gasteiger partial charge in [0.1, 0.15) is 0 Å². The first-order valence-electron chi connectivity index (χ1n) is 4.34. The van der Waals surface area contributed by atoms with Crippen LogP contribution in [0.5, 0.6) is 0 Å². The Balaban J connectivity index is 2.97. The molecule has 82 valence electrons. The van der Waals surface area contributed by atoms with Gasteiger partial charge in [0.2, 0.25) is 0 Å². The molecule has 0 saturated carbocycles. The minimum atomic E-state index is 0.0180. The van der Waals surface area contributed by atoms with Crippen molar-refractivity contribution in [2.75, 3.05) is 24.6 Å². The van der Waals surface area contributed by atoms with Crippen molar-refractivity contribution in [3.05, 3.63) is 29.0 Å². The smallest absolute Gasteiger partial charge is 0.175 e. The molecule has 0 unspecified atom stereocenters. The molecule has 0 saturated heterocycles. The molecule has 0 aliphatic rings. The zero-order valence-corrected chi connectivity index (χ0v) is 9.54. The molecule has 6 heteroatoms. The second-order valence-corrected chi connectivity index (χ2v) is 3.55. The van der Waals surface area contributed by atoms with Gasteiger partial charge in [-0.1, -0.05) is 29.3 Å². The van der Waals surface area contributed by atoms with E-state index in [1.54, 1.807) is 12.1 Å². The zero-order valence-electron chi connectivity index (χ0n) is 8.03. The molecule has 0 bridgehead atoms. The molecule has 0 amide bonds.